The highest BCUT2D eigenvalue weighted by atomic mass is 35.5. The van der Waals surface area contributed by atoms with Crippen molar-refractivity contribution in [3.63, 3.8) is 0 Å². The Labute approximate surface area is 233 Å². The van der Waals surface area contributed by atoms with E-state index < -0.39 is 21.8 Å². The molecule has 5 heterocycles. The van der Waals surface area contributed by atoms with Crippen molar-refractivity contribution in [1.82, 2.24) is 20.2 Å². The third-order valence-corrected chi connectivity index (χ3v) is 9.78. The average molecular weight is 587 g/mol. The average Bonchev–Trinajstić information content (AvgIpc) is 3.42. The molecule has 13 heteroatoms. The summed E-state index contributed by atoms with van der Waals surface area (Å²) in [6.45, 7) is 2.79. The predicted molar refractivity (Wildman–Crippen MR) is 145 cm³/mol. The van der Waals surface area contributed by atoms with Gasteiger partial charge in [0.1, 0.15) is 23.7 Å². The highest BCUT2D eigenvalue weighted by Crippen LogP contribution is 2.44. The van der Waals surface area contributed by atoms with Crippen molar-refractivity contribution in [2.45, 2.75) is 19.4 Å². The number of nitrogens with one attached hydrogen (secondary N) is 1. The molecule has 0 bridgehead atoms. The Kier molecular flexibility index (Phi) is 6.17. The number of hydrogen-bond donors (Lipinski definition) is 1. The smallest absolute Gasteiger partial charge is 0.167 e. The van der Waals surface area contributed by atoms with Crippen LogP contribution in [0.1, 0.15) is 30.6 Å². The van der Waals surface area contributed by atoms with Gasteiger partial charge in [-0.05, 0) is 25.5 Å². The SMILES string of the molecule is C[C@@H](Oc1cc2c(-c3cnc(N4CC5(CCS(=O)(=O)C5)C4)c(C#N)c3)n[nH]c2cc1F)c1c(Cl)cncc1Cl. The molecule has 2 aliphatic heterocycles. The number of aromatic amines is 1. The maximum Gasteiger partial charge on any atom is 0.167 e. The van der Waals surface area contributed by atoms with Gasteiger partial charge in [-0.1, -0.05) is 23.2 Å². The molecule has 1 spiro atoms. The summed E-state index contributed by atoms with van der Waals surface area (Å²) in [5.74, 6) is 0.264. The topological polar surface area (TPSA) is 125 Å². The number of nitriles is 1. The molecule has 1 atom stereocenters. The maximum atomic E-state index is 14.9. The number of aromatic nitrogens is 4. The molecular formula is C26H21Cl2FN6O3S. The van der Waals surface area contributed by atoms with Gasteiger partial charge in [0.25, 0.3) is 0 Å². The lowest BCUT2D eigenvalue weighted by Gasteiger charge is -2.48. The molecular weight excluding hydrogens is 566 g/mol. The molecule has 0 unspecified atom stereocenters. The largest absolute Gasteiger partial charge is 0.483 e. The Morgan fingerprint density at radius 3 is 2.62 bits per heavy atom. The van der Waals surface area contributed by atoms with Crippen LogP contribution in [-0.2, 0) is 9.84 Å². The van der Waals surface area contributed by atoms with E-state index in [0.29, 0.717) is 68.7 Å². The molecule has 2 fully saturated rings. The number of rotatable bonds is 5. The van der Waals surface area contributed by atoms with Gasteiger partial charge >= 0.3 is 0 Å². The normalized spacial score (nSPS) is 18.2. The molecule has 1 aromatic carbocycles. The number of anilines is 1. The Morgan fingerprint density at radius 2 is 1.95 bits per heavy atom. The minimum atomic E-state index is -3.00. The highest BCUT2D eigenvalue weighted by molar-refractivity contribution is 7.91. The van der Waals surface area contributed by atoms with Crippen molar-refractivity contribution in [1.29, 1.82) is 5.26 Å². The number of pyridine rings is 2. The van der Waals surface area contributed by atoms with Gasteiger partial charge in [-0.3, -0.25) is 10.1 Å². The van der Waals surface area contributed by atoms with Crippen LogP contribution in [0.3, 0.4) is 0 Å². The van der Waals surface area contributed by atoms with Crippen molar-refractivity contribution < 1.29 is 17.5 Å². The van der Waals surface area contributed by atoms with E-state index in [1.54, 1.807) is 19.2 Å². The zero-order chi connectivity index (χ0) is 27.5. The van der Waals surface area contributed by atoms with Crippen molar-refractivity contribution in [2.24, 2.45) is 5.41 Å². The zero-order valence-electron chi connectivity index (χ0n) is 20.6. The molecule has 3 aromatic heterocycles. The third kappa shape index (κ3) is 4.56. The molecule has 9 nitrogen and oxygen atoms in total. The number of fused-ring (bicyclic) bond motifs is 1. The first-order valence-electron chi connectivity index (χ1n) is 12.1. The highest BCUT2D eigenvalue weighted by Gasteiger charge is 2.51. The summed E-state index contributed by atoms with van der Waals surface area (Å²) < 4.78 is 44.7. The van der Waals surface area contributed by atoms with E-state index in [1.807, 2.05) is 4.90 Å². The van der Waals surface area contributed by atoms with E-state index in [1.165, 1.54) is 24.5 Å². The lowest BCUT2D eigenvalue weighted by Crippen LogP contribution is -2.57. The Hall–Kier alpha value is -3.46. The van der Waals surface area contributed by atoms with Crippen LogP contribution in [-0.4, -0.2) is 53.2 Å². The summed E-state index contributed by atoms with van der Waals surface area (Å²) in [7, 11) is -3.00. The van der Waals surface area contributed by atoms with Gasteiger partial charge in [0.2, 0.25) is 0 Å². The number of ether oxygens (including phenoxy) is 1. The number of sulfone groups is 1. The molecule has 0 saturated carbocycles. The molecule has 1 N–H and O–H groups in total. The van der Waals surface area contributed by atoms with Crippen molar-refractivity contribution in [3.05, 3.63) is 63.8 Å². The van der Waals surface area contributed by atoms with Crippen LogP contribution in [0.25, 0.3) is 22.2 Å². The Morgan fingerprint density at radius 1 is 1.21 bits per heavy atom. The summed E-state index contributed by atoms with van der Waals surface area (Å²) in [4.78, 5) is 10.4. The fourth-order valence-electron chi connectivity index (χ4n) is 5.45. The van der Waals surface area contributed by atoms with Crippen LogP contribution in [0.15, 0.2) is 36.8 Å². The first-order chi connectivity index (χ1) is 18.6. The van der Waals surface area contributed by atoms with E-state index in [9.17, 15) is 18.1 Å². The fourth-order valence-corrected chi connectivity index (χ4v) is 8.27. The molecule has 2 saturated heterocycles. The lowest BCUT2D eigenvalue weighted by atomic mass is 9.79. The van der Waals surface area contributed by atoms with Gasteiger partial charge in [0.05, 0.1) is 32.6 Å². The molecule has 2 aliphatic rings. The maximum absolute atomic E-state index is 14.9. The first kappa shape index (κ1) is 25.8. The van der Waals surface area contributed by atoms with Crippen LogP contribution in [0.5, 0.6) is 5.75 Å². The molecule has 0 radical (unpaired) electrons. The number of benzene rings is 1. The summed E-state index contributed by atoms with van der Waals surface area (Å²) in [6.07, 6.45) is 4.44. The Bertz CT molecular complexity index is 1760. The van der Waals surface area contributed by atoms with Crippen LogP contribution in [0.4, 0.5) is 10.2 Å². The summed E-state index contributed by atoms with van der Waals surface area (Å²) in [5, 5.41) is 18.2. The molecule has 0 aliphatic carbocycles. The number of hydrogen-bond acceptors (Lipinski definition) is 8. The van der Waals surface area contributed by atoms with Crippen molar-refractivity contribution in [2.75, 3.05) is 29.5 Å². The van der Waals surface area contributed by atoms with Gasteiger partial charge in [0.15, 0.2) is 21.4 Å². The van der Waals surface area contributed by atoms with E-state index in [-0.39, 0.29) is 22.7 Å². The van der Waals surface area contributed by atoms with E-state index in [0.717, 1.165) is 0 Å². The Balaban J connectivity index is 1.29. The van der Waals surface area contributed by atoms with Crippen LogP contribution < -0.4 is 9.64 Å². The van der Waals surface area contributed by atoms with Crippen molar-refractivity contribution >= 4 is 49.8 Å². The van der Waals surface area contributed by atoms with E-state index in [4.69, 9.17) is 27.9 Å². The number of nitrogens with zero attached hydrogens (tertiary/aromatic N) is 5. The molecule has 6 rings (SSSR count). The summed E-state index contributed by atoms with van der Waals surface area (Å²) in [6, 6.07) is 6.68. The van der Waals surface area contributed by atoms with Gasteiger partial charge < -0.3 is 9.64 Å². The second-order valence-corrected chi connectivity index (χ2v) is 13.1. The third-order valence-electron chi connectivity index (χ3n) is 7.30. The van der Waals surface area contributed by atoms with Crippen LogP contribution in [0.2, 0.25) is 10.0 Å². The van der Waals surface area contributed by atoms with Gasteiger partial charge in [0, 0.05) is 59.7 Å². The van der Waals surface area contributed by atoms with Crippen LogP contribution >= 0.6 is 23.2 Å². The summed E-state index contributed by atoms with van der Waals surface area (Å²) in [5.41, 5.74) is 2.05. The molecule has 4 aromatic rings. The van der Waals surface area contributed by atoms with Crippen molar-refractivity contribution in [3.8, 4) is 23.1 Å². The molecule has 200 valence electrons. The monoisotopic (exact) mass is 586 g/mol. The quantitative estimate of drug-likeness (QED) is 0.342. The van der Waals surface area contributed by atoms with E-state index >= 15 is 0 Å². The summed E-state index contributed by atoms with van der Waals surface area (Å²) >= 11 is 12.5. The zero-order valence-corrected chi connectivity index (χ0v) is 22.9. The minimum Gasteiger partial charge on any atom is -0.483 e. The standard InChI is InChI=1S/C26H21Cl2FN6O3S/c1-14(23-18(27)9-31-10-19(23)28)38-22-5-17-21(6-20(22)29)33-34-24(17)16-4-15(7-30)25(32-8-16)35-11-26(12-35)2-3-39(36,37)13-26/h4-6,8-10,14H,2-3,11-13H2,1H3,(H,33,34)/t14-/m1/s1. The second kappa shape index (κ2) is 9.33. The number of H-pyrrole nitrogens is 1. The molecule has 0 amide bonds. The van der Waals surface area contributed by atoms with Gasteiger partial charge in [-0.2, -0.15) is 10.4 Å². The second-order valence-electron chi connectivity index (χ2n) is 10.1. The molecule has 39 heavy (non-hydrogen) atoms. The predicted octanol–water partition coefficient (Wildman–Crippen LogP) is 5.10. The fraction of sp³-hybridized carbons (Fsp3) is 0.308. The van der Waals surface area contributed by atoms with Gasteiger partial charge in [-0.25, -0.2) is 17.8 Å². The minimum absolute atomic E-state index is 0.0240. The van der Waals surface area contributed by atoms with E-state index in [2.05, 4.69) is 26.2 Å². The van der Waals surface area contributed by atoms with Gasteiger partial charge in [-0.15, -0.1) is 0 Å². The van der Waals surface area contributed by atoms with Crippen LogP contribution in [0, 0.1) is 22.6 Å². The first-order valence-corrected chi connectivity index (χ1v) is 14.6. The number of halogens is 3. The lowest BCUT2D eigenvalue weighted by molar-refractivity contribution is 0.217.